The van der Waals surface area contributed by atoms with Crippen molar-refractivity contribution in [1.82, 2.24) is 5.32 Å². The number of rotatable bonds is 5. The van der Waals surface area contributed by atoms with Gasteiger partial charge in [-0.1, -0.05) is 54.7 Å². The maximum absolute atomic E-state index is 13.0. The zero-order valence-corrected chi connectivity index (χ0v) is 16.1. The van der Waals surface area contributed by atoms with Gasteiger partial charge in [-0.25, -0.2) is 4.79 Å². The number of urea groups is 1. The Labute approximate surface area is 167 Å². The number of nitrogens with one attached hydrogen (secondary N) is 2. The van der Waals surface area contributed by atoms with E-state index in [-0.39, 0.29) is 16.3 Å². The van der Waals surface area contributed by atoms with Crippen LogP contribution in [0.1, 0.15) is 25.3 Å². The van der Waals surface area contributed by atoms with Gasteiger partial charge >= 0.3 is 6.03 Å². The van der Waals surface area contributed by atoms with E-state index in [0.29, 0.717) is 17.3 Å². The first-order valence-electron chi connectivity index (χ1n) is 8.56. The molecule has 2 aromatic rings. The zero-order chi connectivity index (χ0) is 19.6. The first-order valence-corrected chi connectivity index (χ1v) is 9.31. The molecule has 3 amide bonds. The normalized spacial score (nSPS) is 18.7. The van der Waals surface area contributed by atoms with Crippen LogP contribution in [-0.2, 0) is 10.5 Å². The number of halogens is 2. The summed E-state index contributed by atoms with van der Waals surface area (Å²) in [6.45, 7) is 2.38. The van der Waals surface area contributed by atoms with Crippen LogP contribution in [0.3, 0.4) is 0 Å². The molecule has 0 saturated carbocycles. The van der Waals surface area contributed by atoms with Gasteiger partial charge in [0.15, 0.2) is 0 Å². The van der Waals surface area contributed by atoms with Crippen LogP contribution in [0.2, 0.25) is 10.0 Å². The van der Waals surface area contributed by atoms with E-state index < -0.39 is 17.7 Å². The number of para-hydroxylation sites is 1. The predicted molar refractivity (Wildman–Crippen MR) is 106 cm³/mol. The van der Waals surface area contributed by atoms with Gasteiger partial charge in [0.05, 0.1) is 21.4 Å². The fraction of sp³-hybridized carbons (Fsp3) is 0.263. The second kappa shape index (κ2) is 7.76. The Morgan fingerprint density at radius 1 is 1.22 bits per heavy atom. The molecular weight excluding hydrogens is 389 g/mol. The molecule has 142 valence electrons. The summed E-state index contributed by atoms with van der Waals surface area (Å²) in [4.78, 5) is 26.8. The summed E-state index contributed by atoms with van der Waals surface area (Å²) in [7, 11) is 0. The molecule has 0 radical (unpaired) electrons. The summed E-state index contributed by atoms with van der Waals surface area (Å²) < 4.78 is 0. The van der Waals surface area contributed by atoms with Gasteiger partial charge in [-0.15, -0.1) is 0 Å². The quantitative estimate of drug-likeness (QED) is 0.652. The number of benzene rings is 2. The molecule has 2 aromatic carbocycles. The van der Waals surface area contributed by atoms with Crippen molar-refractivity contribution in [2.24, 2.45) is 0 Å². The van der Waals surface area contributed by atoms with Crippen LogP contribution in [0.25, 0.3) is 0 Å². The monoisotopic (exact) mass is 407 g/mol. The minimum atomic E-state index is -2.23. The van der Waals surface area contributed by atoms with Gasteiger partial charge in [0.2, 0.25) is 0 Å². The molecule has 0 saturated heterocycles. The third kappa shape index (κ3) is 3.48. The second-order valence-electron chi connectivity index (χ2n) is 6.19. The minimum Gasteiger partial charge on any atom is -0.359 e. The largest absolute Gasteiger partial charge is 0.359 e. The second-order valence-corrected chi connectivity index (χ2v) is 7.01. The molecule has 27 heavy (non-hydrogen) atoms. The van der Waals surface area contributed by atoms with Crippen LogP contribution in [0, 0.1) is 0 Å². The van der Waals surface area contributed by atoms with E-state index in [1.54, 1.807) is 24.3 Å². The van der Waals surface area contributed by atoms with Gasteiger partial charge in [0.1, 0.15) is 0 Å². The number of carbonyl (C=O) groups excluding carboxylic acids is 2. The average molecular weight is 408 g/mol. The number of hydrogen-bond acceptors (Lipinski definition) is 3. The van der Waals surface area contributed by atoms with E-state index in [1.165, 1.54) is 18.2 Å². The molecule has 0 aromatic heterocycles. The summed E-state index contributed by atoms with van der Waals surface area (Å²) in [6, 6.07) is 10.4. The summed E-state index contributed by atoms with van der Waals surface area (Å²) in [5.74, 6) is -0.690. The number of carbonyl (C=O) groups is 2. The molecule has 1 unspecified atom stereocenters. The van der Waals surface area contributed by atoms with Crippen molar-refractivity contribution in [1.29, 1.82) is 0 Å². The van der Waals surface area contributed by atoms with Crippen LogP contribution < -0.4 is 15.5 Å². The number of amides is 3. The molecule has 0 fully saturated rings. The molecular formula is C19H19Cl2N3O3. The van der Waals surface area contributed by atoms with Crippen LogP contribution in [0.15, 0.2) is 42.5 Å². The highest BCUT2D eigenvalue weighted by molar-refractivity contribution is 6.42. The van der Waals surface area contributed by atoms with E-state index in [1.807, 2.05) is 6.92 Å². The van der Waals surface area contributed by atoms with Crippen molar-refractivity contribution in [3.63, 3.8) is 0 Å². The van der Waals surface area contributed by atoms with E-state index in [0.717, 1.165) is 17.7 Å². The summed E-state index contributed by atoms with van der Waals surface area (Å²) in [5, 5.41) is 17.4. The Morgan fingerprint density at radius 2 is 1.96 bits per heavy atom. The average Bonchev–Trinajstić information content (AvgIpc) is 2.64. The lowest BCUT2D eigenvalue weighted by Gasteiger charge is -2.42. The summed E-state index contributed by atoms with van der Waals surface area (Å²) >= 11 is 12.0. The van der Waals surface area contributed by atoms with Gasteiger partial charge in [-0.05, 0) is 30.7 Å². The lowest BCUT2D eigenvalue weighted by molar-refractivity contribution is -0.140. The first kappa shape index (κ1) is 19.5. The minimum absolute atomic E-state index is 0.203. The van der Waals surface area contributed by atoms with Crippen molar-refractivity contribution in [2.45, 2.75) is 25.5 Å². The maximum Gasteiger partial charge on any atom is 0.329 e. The van der Waals surface area contributed by atoms with Crippen molar-refractivity contribution in [3.05, 3.63) is 58.1 Å². The van der Waals surface area contributed by atoms with Gasteiger partial charge in [-0.2, -0.15) is 0 Å². The third-order valence-corrected chi connectivity index (χ3v) is 5.10. The van der Waals surface area contributed by atoms with E-state index in [2.05, 4.69) is 10.6 Å². The standard InChI is InChI=1S/C19H19Cl2N3O3/c1-2-3-10-22-17(25)19(27)13-6-4-5-7-16(13)23-18(26)24(19)12-8-9-14(20)15(21)11-12/h4-9,11,27H,2-3,10H2,1H3,(H,22,25)(H,23,26). The van der Waals surface area contributed by atoms with E-state index >= 15 is 0 Å². The molecule has 0 bridgehead atoms. The number of unbranched alkanes of at least 4 members (excludes halogenated alkanes) is 1. The summed E-state index contributed by atoms with van der Waals surface area (Å²) in [5.41, 5.74) is -1.36. The molecule has 3 N–H and O–H groups in total. The lowest BCUT2D eigenvalue weighted by Crippen LogP contribution is -2.62. The van der Waals surface area contributed by atoms with Gasteiger partial charge in [-0.3, -0.25) is 9.69 Å². The molecule has 1 heterocycles. The number of aliphatic hydroxyl groups is 1. The number of nitrogens with zero attached hydrogens (tertiary/aromatic N) is 1. The van der Waals surface area contributed by atoms with Crippen LogP contribution in [0.5, 0.6) is 0 Å². The fourth-order valence-electron chi connectivity index (χ4n) is 2.99. The Bertz CT molecular complexity index is 890. The van der Waals surface area contributed by atoms with E-state index in [4.69, 9.17) is 23.2 Å². The zero-order valence-electron chi connectivity index (χ0n) is 14.6. The molecule has 0 spiro atoms. The van der Waals surface area contributed by atoms with Gasteiger partial charge in [0, 0.05) is 12.1 Å². The van der Waals surface area contributed by atoms with Crippen molar-refractivity contribution < 1.29 is 14.7 Å². The summed E-state index contributed by atoms with van der Waals surface area (Å²) in [6.07, 6.45) is 1.63. The molecule has 3 rings (SSSR count). The molecule has 8 heteroatoms. The smallest absolute Gasteiger partial charge is 0.329 e. The van der Waals surface area contributed by atoms with Gasteiger partial charge in [0.25, 0.3) is 11.6 Å². The topological polar surface area (TPSA) is 81.7 Å². The molecule has 1 aliphatic rings. The number of hydrogen-bond donors (Lipinski definition) is 3. The Kier molecular flexibility index (Phi) is 5.60. The number of anilines is 2. The predicted octanol–water partition coefficient (Wildman–Crippen LogP) is 4.11. The van der Waals surface area contributed by atoms with Crippen LogP contribution >= 0.6 is 23.2 Å². The Morgan fingerprint density at radius 3 is 2.67 bits per heavy atom. The van der Waals surface area contributed by atoms with Crippen LogP contribution in [0.4, 0.5) is 16.2 Å². The van der Waals surface area contributed by atoms with Gasteiger partial charge < -0.3 is 15.7 Å². The highest BCUT2D eigenvalue weighted by Crippen LogP contribution is 2.41. The molecule has 1 aliphatic heterocycles. The van der Waals surface area contributed by atoms with E-state index in [9.17, 15) is 14.7 Å². The molecule has 0 aliphatic carbocycles. The van der Waals surface area contributed by atoms with Crippen molar-refractivity contribution >= 4 is 46.5 Å². The fourth-order valence-corrected chi connectivity index (χ4v) is 3.28. The first-order chi connectivity index (χ1) is 12.9. The maximum atomic E-state index is 13.0. The molecule has 1 atom stereocenters. The molecule has 6 nitrogen and oxygen atoms in total. The van der Waals surface area contributed by atoms with Crippen molar-refractivity contribution in [3.8, 4) is 0 Å². The SMILES string of the molecule is CCCCNC(=O)C1(O)c2ccccc2NC(=O)N1c1ccc(Cl)c(Cl)c1. The Balaban J connectivity index is 2.13. The highest BCUT2D eigenvalue weighted by Gasteiger charge is 2.51. The third-order valence-electron chi connectivity index (χ3n) is 4.36. The highest BCUT2D eigenvalue weighted by atomic mass is 35.5. The number of fused-ring (bicyclic) bond motifs is 1. The lowest BCUT2D eigenvalue weighted by atomic mass is 9.94. The van der Waals surface area contributed by atoms with Crippen LogP contribution in [-0.4, -0.2) is 23.6 Å². The van der Waals surface area contributed by atoms with Crippen molar-refractivity contribution in [2.75, 3.05) is 16.8 Å². The Hall–Kier alpha value is -2.28.